The zero-order valence-electron chi connectivity index (χ0n) is 17.2. The Morgan fingerprint density at radius 2 is 1.77 bits per heavy atom. The Balaban J connectivity index is 1.64. The third-order valence-electron chi connectivity index (χ3n) is 5.02. The summed E-state index contributed by atoms with van der Waals surface area (Å²) in [5.74, 6) is 3.12. The number of rotatable bonds is 6. The minimum atomic E-state index is 0.281. The van der Waals surface area contributed by atoms with Crippen LogP contribution in [0.3, 0.4) is 0 Å². The van der Waals surface area contributed by atoms with Gasteiger partial charge in [-0.3, -0.25) is 0 Å². The number of benzene rings is 2. The van der Waals surface area contributed by atoms with E-state index in [1.807, 2.05) is 18.2 Å². The number of aromatic nitrogens is 2. The van der Waals surface area contributed by atoms with Crippen LogP contribution in [0.4, 0.5) is 23.1 Å². The van der Waals surface area contributed by atoms with Crippen LogP contribution in [0.1, 0.15) is 12.0 Å². The quantitative estimate of drug-likeness (QED) is 0.632. The van der Waals surface area contributed by atoms with Crippen LogP contribution in [0.2, 0.25) is 0 Å². The summed E-state index contributed by atoms with van der Waals surface area (Å²) < 4.78 is 16.2. The SMILES string of the molecule is COc1cc(Nc2nccc(N3CCCc4cc(O)ccc43)n2)cc(OC)c1OC. The first-order valence-corrected chi connectivity index (χ1v) is 9.62. The Morgan fingerprint density at radius 3 is 2.47 bits per heavy atom. The Hall–Kier alpha value is -3.68. The van der Waals surface area contributed by atoms with Gasteiger partial charge in [0.25, 0.3) is 0 Å². The van der Waals surface area contributed by atoms with Gasteiger partial charge in [0.15, 0.2) is 11.5 Å². The number of nitrogens with one attached hydrogen (secondary N) is 1. The lowest BCUT2D eigenvalue weighted by Gasteiger charge is -2.30. The van der Waals surface area contributed by atoms with Crippen LogP contribution in [0, 0.1) is 0 Å². The molecule has 2 heterocycles. The molecule has 8 heteroatoms. The summed E-state index contributed by atoms with van der Waals surface area (Å²) in [4.78, 5) is 11.2. The molecular weight excluding hydrogens is 384 g/mol. The van der Waals surface area contributed by atoms with E-state index in [1.165, 1.54) is 0 Å². The average Bonchev–Trinajstić information content (AvgIpc) is 2.77. The molecule has 0 unspecified atom stereocenters. The highest BCUT2D eigenvalue weighted by atomic mass is 16.5. The highest BCUT2D eigenvalue weighted by Crippen LogP contribution is 2.40. The van der Waals surface area contributed by atoms with Crippen LogP contribution in [-0.4, -0.2) is 42.9 Å². The third kappa shape index (κ3) is 3.76. The number of ether oxygens (including phenoxy) is 3. The van der Waals surface area contributed by atoms with E-state index in [1.54, 1.807) is 45.7 Å². The van der Waals surface area contributed by atoms with E-state index in [0.29, 0.717) is 28.9 Å². The molecular formula is C22H24N4O4. The number of fused-ring (bicyclic) bond motifs is 1. The van der Waals surface area contributed by atoms with E-state index in [0.717, 1.165) is 36.5 Å². The lowest BCUT2D eigenvalue weighted by Crippen LogP contribution is -2.25. The summed E-state index contributed by atoms with van der Waals surface area (Å²) in [6.07, 6.45) is 3.63. The molecule has 0 fully saturated rings. The van der Waals surface area contributed by atoms with Crippen molar-refractivity contribution in [3.05, 3.63) is 48.2 Å². The minimum Gasteiger partial charge on any atom is -0.508 e. The largest absolute Gasteiger partial charge is 0.508 e. The highest BCUT2D eigenvalue weighted by molar-refractivity contribution is 5.69. The van der Waals surface area contributed by atoms with Gasteiger partial charge in [-0.05, 0) is 42.7 Å². The van der Waals surface area contributed by atoms with Crippen LogP contribution in [-0.2, 0) is 6.42 Å². The van der Waals surface area contributed by atoms with Crippen LogP contribution >= 0.6 is 0 Å². The van der Waals surface area contributed by atoms with Gasteiger partial charge in [0, 0.05) is 36.2 Å². The zero-order chi connectivity index (χ0) is 21.1. The Morgan fingerprint density at radius 1 is 1.00 bits per heavy atom. The summed E-state index contributed by atoms with van der Waals surface area (Å²) in [5.41, 5.74) is 2.88. The van der Waals surface area contributed by atoms with Crippen LogP contribution in [0.15, 0.2) is 42.6 Å². The first kappa shape index (κ1) is 19.6. The molecule has 2 N–H and O–H groups in total. The van der Waals surface area contributed by atoms with E-state index < -0.39 is 0 Å². The van der Waals surface area contributed by atoms with Crippen LogP contribution in [0.25, 0.3) is 0 Å². The number of anilines is 4. The van der Waals surface area contributed by atoms with Crippen molar-refractivity contribution in [1.82, 2.24) is 9.97 Å². The summed E-state index contributed by atoms with van der Waals surface area (Å²) >= 11 is 0. The number of hydrogen-bond donors (Lipinski definition) is 2. The molecule has 0 spiro atoms. The second kappa shape index (κ2) is 8.36. The molecule has 2 aromatic carbocycles. The van der Waals surface area contributed by atoms with Crippen LogP contribution < -0.4 is 24.4 Å². The number of phenols is 1. The summed E-state index contributed by atoms with van der Waals surface area (Å²) in [5, 5.41) is 13.0. The summed E-state index contributed by atoms with van der Waals surface area (Å²) in [6.45, 7) is 0.846. The van der Waals surface area contributed by atoms with Gasteiger partial charge in [-0.15, -0.1) is 0 Å². The summed E-state index contributed by atoms with van der Waals surface area (Å²) in [6, 6.07) is 10.9. The van der Waals surface area contributed by atoms with Crippen molar-refractivity contribution in [2.75, 3.05) is 38.1 Å². The van der Waals surface area contributed by atoms with Crippen molar-refractivity contribution in [2.45, 2.75) is 12.8 Å². The van der Waals surface area contributed by atoms with E-state index in [9.17, 15) is 5.11 Å². The van der Waals surface area contributed by atoms with E-state index >= 15 is 0 Å². The molecule has 3 aromatic rings. The maximum Gasteiger partial charge on any atom is 0.229 e. The lowest BCUT2D eigenvalue weighted by atomic mass is 10.0. The highest BCUT2D eigenvalue weighted by Gasteiger charge is 2.20. The van der Waals surface area contributed by atoms with E-state index in [2.05, 4.69) is 15.2 Å². The smallest absolute Gasteiger partial charge is 0.229 e. The Labute approximate surface area is 175 Å². The van der Waals surface area contributed by atoms with Gasteiger partial charge in [0.2, 0.25) is 11.7 Å². The molecule has 0 radical (unpaired) electrons. The molecule has 1 aromatic heterocycles. The van der Waals surface area contributed by atoms with Gasteiger partial charge in [-0.1, -0.05) is 0 Å². The predicted molar refractivity (Wildman–Crippen MR) is 115 cm³/mol. The van der Waals surface area contributed by atoms with Gasteiger partial charge < -0.3 is 29.5 Å². The van der Waals surface area contributed by atoms with Gasteiger partial charge in [-0.2, -0.15) is 4.98 Å². The van der Waals surface area contributed by atoms with Crippen molar-refractivity contribution in [3.63, 3.8) is 0 Å². The second-order valence-electron chi connectivity index (χ2n) is 6.85. The molecule has 1 aliphatic heterocycles. The molecule has 0 bridgehead atoms. The van der Waals surface area contributed by atoms with E-state index in [4.69, 9.17) is 19.2 Å². The fourth-order valence-electron chi connectivity index (χ4n) is 3.66. The van der Waals surface area contributed by atoms with Gasteiger partial charge in [0.05, 0.1) is 21.3 Å². The number of nitrogens with zero attached hydrogens (tertiary/aromatic N) is 3. The number of aryl methyl sites for hydroxylation is 1. The molecule has 0 saturated carbocycles. The predicted octanol–water partition coefficient (Wildman–Crippen LogP) is 4.04. The maximum atomic E-state index is 9.79. The maximum absolute atomic E-state index is 9.79. The Kier molecular flexibility index (Phi) is 5.47. The first-order chi connectivity index (χ1) is 14.6. The van der Waals surface area contributed by atoms with Gasteiger partial charge in [-0.25, -0.2) is 4.98 Å². The van der Waals surface area contributed by atoms with E-state index in [-0.39, 0.29) is 5.75 Å². The first-order valence-electron chi connectivity index (χ1n) is 9.62. The number of phenolic OH excluding ortho intramolecular Hbond substituents is 1. The minimum absolute atomic E-state index is 0.281. The standard InChI is InChI=1S/C22H24N4O4/c1-28-18-12-15(13-19(29-2)21(18)30-3)24-22-23-9-8-20(25-22)26-10-4-5-14-11-16(27)6-7-17(14)26/h6-9,11-13,27H,4-5,10H2,1-3H3,(H,23,24,25). The Bertz CT molecular complexity index is 1030. The number of aromatic hydroxyl groups is 1. The third-order valence-corrected chi connectivity index (χ3v) is 5.02. The molecule has 0 aliphatic carbocycles. The van der Waals surface area contributed by atoms with Crippen molar-refractivity contribution >= 4 is 23.1 Å². The normalized spacial score (nSPS) is 12.8. The molecule has 4 rings (SSSR count). The van der Waals surface area contributed by atoms with Gasteiger partial charge >= 0.3 is 0 Å². The zero-order valence-corrected chi connectivity index (χ0v) is 17.2. The van der Waals surface area contributed by atoms with Crippen molar-refractivity contribution in [1.29, 1.82) is 0 Å². The molecule has 30 heavy (non-hydrogen) atoms. The summed E-state index contributed by atoms with van der Waals surface area (Å²) in [7, 11) is 4.71. The lowest BCUT2D eigenvalue weighted by molar-refractivity contribution is 0.324. The number of methoxy groups -OCH3 is 3. The van der Waals surface area contributed by atoms with Crippen molar-refractivity contribution < 1.29 is 19.3 Å². The fraction of sp³-hybridized carbons (Fsp3) is 0.273. The van der Waals surface area contributed by atoms with Gasteiger partial charge in [0.1, 0.15) is 11.6 Å². The van der Waals surface area contributed by atoms with Crippen molar-refractivity contribution in [2.24, 2.45) is 0 Å². The number of hydrogen-bond acceptors (Lipinski definition) is 8. The molecule has 0 saturated heterocycles. The fourth-order valence-corrected chi connectivity index (χ4v) is 3.66. The van der Waals surface area contributed by atoms with Crippen LogP contribution in [0.5, 0.6) is 23.0 Å². The monoisotopic (exact) mass is 408 g/mol. The molecule has 1 aliphatic rings. The topological polar surface area (TPSA) is 89.0 Å². The second-order valence-corrected chi connectivity index (χ2v) is 6.85. The molecule has 0 atom stereocenters. The molecule has 0 amide bonds. The molecule has 8 nitrogen and oxygen atoms in total. The molecule has 156 valence electrons. The average molecular weight is 408 g/mol. The van der Waals surface area contributed by atoms with Crippen molar-refractivity contribution in [3.8, 4) is 23.0 Å².